The number of rotatable bonds is 2. The summed E-state index contributed by atoms with van der Waals surface area (Å²) in [5.74, 6) is -0.0629. The molecule has 0 aliphatic carbocycles. The van der Waals surface area contributed by atoms with Crippen LogP contribution in [-0.4, -0.2) is 50.3 Å². The molecule has 1 aromatic rings. The predicted molar refractivity (Wildman–Crippen MR) is 91.5 cm³/mol. The highest BCUT2D eigenvalue weighted by atomic mass is 16.6. The zero-order valence-electron chi connectivity index (χ0n) is 15.2. The molecule has 1 aromatic heterocycles. The molecule has 1 saturated heterocycles. The van der Waals surface area contributed by atoms with Crippen LogP contribution in [0.1, 0.15) is 57.5 Å². The van der Waals surface area contributed by atoms with Gasteiger partial charge in [0.25, 0.3) is 0 Å². The Kier molecular flexibility index (Phi) is 4.75. The Hall–Kier alpha value is -2.05. The number of carboxylic acids is 1. The molecular weight excluding hydrogens is 322 g/mol. The van der Waals surface area contributed by atoms with Crippen LogP contribution in [0.15, 0.2) is 6.20 Å². The van der Waals surface area contributed by atoms with Crippen LogP contribution in [0.4, 0.5) is 4.79 Å². The summed E-state index contributed by atoms with van der Waals surface area (Å²) >= 11 is 0. The Morgan fingerprint density at radius 3 is 2.72 bits per heavy atom. The van der Waals surface area contributed by atoms with E-state index in [9.17, 15) is 14.7 Å². The number of hydrogen-bond acceptors (Lipinski definition) is 4. The number of carboxylic acid groups (broad SMARTS) is 1. The van der Waals surface area contributed by atoms with Gasteiger partial charge in [0, 0.05) is 37.4 Å². The van der Waals surface area contributed by atoms with E-state index in [0.717, 1.165) is 30.8 Å². The molecule has 2 unspecified atom stereocenters. The summed E-state index contributed by atoms with van der Waals surface area (Å²) < 4.78 is 7.55. The van der Waals surface area contributed by atoms with Crippen LogP contribution in [0.2, 0.25) is 0 Å². The number of fused-ring (bicyclic) bond motifs is 1. The van der Waals surface area contributed by atoms with Crippen molar-refractivity contribution in [2.24, 2.45) is 5.92 Å². The number of nitrogens with zero attached hydrogens (tertiary/aromatic N) is 3. The Labute approximate surface area is 148 Å². The quantitative estimate of drug-likeness (QED) is 0.887. The third-order valence-corrected chi connectivity index (χ3v) is 4.91. The van der Waals surface area contributed by atoms with Crippen LogP contribution in [0, 0.1) is 5.92 Å². The minimum atomic E-state index is -0.746. The van der Waals surface area contributed by atoms with E-state index >= 15 is 0 Å². The third kappa shape index (κ3) is 3.96. The third-order valence-electron chi connectivity index (χ3n) is 4.91. The van der Waals surface area contributed by atoms with E-state index in [4.69, 9.17) is 4.74 Å². The number of imidazole rings is 1. The zero-order valence-corrected chi connectivity index (χ0v) is 15.2. The van der Waals surface area contributed by atoms with Crippen molar-refractivity contribution in [3.8, 4) is 0 Å². The summed E-state index contributed by atoms with van der Waals surface area (Å²) in [6.07, 6.45) is 4.83. The molecule has 7 heteroatoms. The van der Waals surface area contributed by atoms with E-state index in [1.807, 2.05) is 27.0 Å². The van der Waals surface area contributed by atoms with E-state index in [2.05, 4.69) is 9.55 Å². The molecule has 0 aromatic carbocycles. The van der Waals surface area contributed by atoms with Gasteiger partial charge in [-0.25, -0.2) is 9.78 Å². The van der Waals surface area contributed by atoms with Crippen LogP contribution in [0.5, 0.6) is 0 Å². The van der Waals surface area contributed by atoms with Gasteiger partial charge < -0.3 is 19.3 Å². The predicted octanol–water partition coefficient (Wildman–Crippen LogP) is 2.64. The van der Waals surface area contributed by atoms with Crippen molar-refractivity contribution in [1.82, 2.24) is 14.5 Å². The lowest BCUT2D eigenvalue weighted by Crippen LogP contribution is -2.43. The average molecular weight is 349 g/mol. The van der Waals surface area contributed by atoms with Crippen molar-refractivity contribution in [2.45, 2.75) is 64.5 Å². The lowest BCUT2D eigenvalue weighted by Gasteiger charge is -2.34. The van der Waals surface area contributed by atoms with E-state index in [1.54, 1.807) is 4.90 Å². The standard InChI is InChI=1S/C18H27N3O4/c1-18(2,3)25-17(24)20-8-4-5-12(10-20)15-19-9-14-7-6-13(16(22)23)11-21(14)15/h9,12-13H,4-8,10-11H2,1-3H3,(H,22,23). The number of ether oxygens (including phenoxy) is 1. The molecule has 1 fully saturated rings. The summed E-state index contributed by atoms with van der Waals surface area (Å²) in [6, 6.07) is 0. The molecule has 7 nitrogen and oxygen atoms in total. The molecule has 3 heterocycles. The zero-order chi connectivity index (χ0) is 18.2. The van der Waals surface area contributed by atoms with Gasteiger partial charge in [-0.1, -0.05) is 0 Å². The molecule has 138 valence electrons. The van der Waals surface area contributed by atoms with Crippen LogP contribution in [-0.2, 0) is 22.5 Å². The molecule has 0 saturated carbocycles. The van der Waals surface area contributed by atoms with E-state index in [-0.39, 0.29) is 17.9 Å². The number of aliphatic carboxylic acids is 1. The maximum atomic E-state index is 12.4. The summed E-state index contributed by atoms with van der Waals surface area (Å²) in [7, 11) is 0. The van der Waals surface area contributed by atoms with Gasteiger partial charge in [0.15, 0.2) is 0 Å². The maximum absolute atomic E-state index is 12.4. The van der Waals surface area contributed by atoms with Crippen molar-refractivity contribution >= 4 is 12.1 Å². The molecule has 0 spiro atoms. The Morgan fingerprint density at radius 1 is 1.28 bits per heavy atom. The molecule has 2 aliphatic rings. The second kappa shape index (κ2) is 6.69. The Balaban J connectivity index is 1.74. The first-order chi connectivity index (χ1) is 11.7. The maximum Gasteiger partial charge on any atom is 0.410 e. The largest absolute Gasteiger partial charge is 0.481 e. The molecule has 0 bridgehead atoms. The molecular formula is C18H27N3O4. The number of aromatic nitrogens is 2. The molecule has 2 aliphatic heterocycles. The second-order valence-corrected chi connectivity index (χ2v) is 8.06. The number of carbonyl (C=O) groups is 2. The van der Waals surface area contributed by atoms with Crippen LogP contribution in [0.25, 0.3) is 0 Å². The molecule has 2 atom stereocenters. The highest BCUT2D eigenvalue weighted by Gasteiger charge is 2.33. The second-order valence-electron chi connectivity index (χ2n) is 8.06. The van der Waals surface area contributed by atoms with Crippen molar-refractivity contribution in [2.75, 3.05) is 13.1 Å². The van der Waals surface area contributed by atoms with Gasteiger partial charge in [-0.3, -0.25) is 4.79 Å². The lowest BCUT2D eigenvalue weighted by molar-refractivity contribution is -0.142. The average Bonchev–Trinajstić information content (AvgIpc) is 2.96. The number of likely N-dealkylation sites (tertiary alicyclic amines) is 1. The molecule has 1 N–H and O–H groups in total. The minimum Gasteiger partial charge on any atom is -0.481 e. The van der Waals surface area contributed by atoms with Gasteiger partial charge in [0.1, 0.15) is 11.4 Å². The fourth-order valence-corrected chi connectivity index (χ4v) is 3.68. The van der Waals surface area contributed by atoms with Gasteiger partial charge in [-0.05, 0) is 46.5 Å². The van der Waals surface area contributed by atoms with Crippen molar-refractivity contribution < 1.29 is 19.4 Å². The summed E-state index contributed by atoms with van der Waals surface area (Å²) in [6.45, 7) is 7.33. The summed E-state index contributed by atoms with van der Waals surface area (Å²) in [5.41, 5.74) is 0.590. The minimum absolute atomic E-state index is 0.127. The molecule has 0 radical (unpaired) electrons. The van der Waals surface area contributed by atoms with Crippen LogP contribution < -0.4 is 0 Å². The van der Waals surface area contributed by atoms with Gasteiger partial charge in [0.2, 0.25) is 0 Å². The number of piperidine rings is 1. The number of carbonyl (C=O) groups excluding carboxylic acids is 1. The number of hydrogen-bond donors (Lipinski definition) is 1. The van der Waals surface area contributed by atoms with Crippen LogP contribution in [0.3, 0.4) is 0 Å². The van der Waals surface area contributed by atoms with E-state index in [1.165, 1.54) is 0 Å². The monoisotopic (exact) mass is 349 g/mol. The molecule has 3 rings (SSSR count). The number of aryl methyl sites for hydroxylation is 1. The van der Waals surface area contributed by atoms with Crippen molar-refractivity contribution in [3.05, 3.63) is 17.7 Å². The van der Waals surface area contributed by atoms with Crippen LogP contribution >= 0.6 is 0 Å². The van der Waals surface area contributed by atoms with Crippen molar-refractivity contribution in [1.29, 1.82) is 0 Å². The van der Waals surface area contributed by atoms with Gasteiger partial charge in [-0.2, -0.15) is 0 Å². The first kappa shape index (κ1) is 17.8. The fourth-order valence-electron chi connectivity index (χ4n) is 3.68. The summed E-state index contributed by atoms with van der Waals surface area (Å²) in [5, 5.41) is 9.32. The lowest BCUT2D eigenvalue weighted by atomic mass is 9.95. The van der Waals surface area contributed by atoms with Gasteiger partial charge in [0.05, 0.1) is 5.92 Å². The number of amides is 1. The molecule has 1 amide bonds. The molecule has 25 heavy (non-hydrogen) atoms. The first-order valence-electron chi connectivity index (χ1n) is 8.99. The van der Waals surface area contributed by atoms with Crippen molar-refractivity contribution in [3.63, 3.8) is 0 Å². The van der Waals surface area contributed by atoms with Gasteiger partial charge >= 0.3 is 12.1 Å². The SMILES string of the molecule is CC(C)(C)OC(=O)N1CCCC(c2ncc3n2CC(C(=O)O)CC3)C1. The topological polar surface area (TPSA) is 84.7 Å². The highest BCUT2D eigenvalue weighted by Crippen LogP contribution is 2.31. The Morgan fingerprint density at radius 2 is 2.04 bits per heavy atom. The van der Waals surface area contributed by atoms with E-state index < -0.39 is 11.6 Å². The highest BCUT2D eigenvalue weighted by molar-refractivity contribution is 5.70. The smallest absolute Gasteiger partial charge is 0.410 e. The normalized spacial score (nSPS) is 23.9. The fraction of sp³-hybridized carbons (Fsp3) is 0.722. The first-order valence-corrected chi connectivity index (χ1v) is 8.99. The van der Waals surface area contributed by atoms with E-state index in [0.29, 0.717) is 26.1 Å². The van der Waals surface area contributed by atoms with Gasteiger partial charge in [-0.15, -0.1) is 0 Å². The Bertz CT molecular complexity index is 662. The summed E-state index contributed by atoms with van der Waals surface area (Å²) in [4.78, 5) is 30.0.